The number of methoxy groups -OCH3 is 1. The molecule has 1 aliphatic heterocycles. The number of nitrogen functional groups attached to an aromatic ring is 2. The van der Waals surface area contributed by atoms with E-state index >= 15 is 0 Å². The quantitative estimate of drug-likeness (QED) is 0.691. The molecule has 27 heavy (non-hydrogen) atoms. The maximum absolute atomic E-state index is 6.26. The van der Waals surface area contributed by atoms with E-state index in [0.29, 0.717) is 18.1 Å². The fraction of sp³-hybridized carbons (Fsp3) is 0.474. The Balaban J connectivity index is 1.90. The Bertz CT molecular complexity index is 945. The summed E-state index contributed by atoms with van der Waals surface area (Å²) in [7, 11) is 1.71. The second kappa shape index (κ2) is 7.46. The molecule has 0 saturated carbocycles. The molecule has 0 bridgehead atoms. The van der Waals surface area contributed by atoms with Crippen LogP contribution in [0.15, 0.2) is 18.3 Å². The highest BCUT2D eigenvalue weighted by Crippen LogP contribution is 2.45. The van der Waals surface area contributed by atoms with E-state index in [2.05, 4.69) is 17.0 Å². The topological polar surface area (TPSA) is 101 Å². The van der Waals surface area contributed by atoms with Crippen molar-refractivity contribution in [2.24, 2.45) is 0 Å². The summed E-state index contributed by atoms with van der Waals surface area (Å²) in [6, 6.07) is 3.75. The molecule has 0 radical (unpaired) electrons. The van der Waals surface area contributed by atoms with E-state index in [1.807, 2.05) is 16.9 Å². The number of nitrogens with two attached hydrogens (primary N) is 2. The van der Waals surface area contributed by atoms with Gasteiger partial charge in [-0.2, -0.15) is 5.10 Å². The molecule has 8 heteroatoms. The van der Waals surface area contributed by atoms with Gasteiger partial charge in [-0.1, -0.05) is 6.92 Å². The van der Waals surface area contributed by atoms with Crippen LogP contribution in [0, 0.1) is 0 Å². The first-order valence-electron chi connectivity index (χ1n) is 9.23. The number of pyridine rings is 1. The number of aromatic nitrogens is 3. The van der Waals surface area contributed by atoms with Crippen LogP contribution in [0.25, 0.3) is 20.8 Å². The number of thiophene rings is 1. The minimum Gasteiger partial charge on any atom is -0.397 e. The van der Waals surface area contributed by atoms with E-state index < -0.39 is 0 Å². The summed E-state index contributed by atoms with van der Waals surface area (Å²) in [6.45, 7) is 3.49. The van der Waals surface area contributed by atoms with Crippen molar-refractivity contribution in [1.82, 2.24) is 14.8 Å². The van der Waals surface area contributed by atoms with Gasteiger partial charge in [0.15, 0.2) is 6.23 Å². The van der Waals surface area contributed by atoms with Gasteiger partial charge >= 0.3 is 0 Å². The second-order valence-electron chi connectivity index (χ2n) is 7.00. The molecule has 1 fully saturated rings. The lowest BCUT2D eigenvalue weighted by Gasteiger charge is -2.24. The highest BCUT2D eigenvalue weighted by molar-refractivity contribution is 7.23. The fourth-order valence-corrected chi connectivity index (χ4v) is 5.06. The Morgan fingerprint density at radius 3 is 3.00 bits per heavy atom. The molecule has 3 aromatic heterocycles. The summed E-state index contributed by atoms with van der Waals surface area (Å²) in [5.74, 6) is 0.572. The van der Waals surface area contributed by atoms with Gasteiger partial charge in [0.25, 0.3) is 0 Å². The smallest absolute Gasteiger partial charge is 0.150 e. The van der Waals surface area contributed by atoms with Crippen molar-refractivity contribution in [1.29, 1.82) is 0 Å². The molecule has 0 aromatic carbocycles. The van der Waals surface area contributed by atoms with E-state index in [-0.39, 0.29) is 12.1 Å². The molecule has 0 amide bonds. The molecule has 4 heterocycles. The molecule has 0 aliphatic carbocycles. The molecule has 1 aliphatic rings. The summed E-state index contributed by atoms with van der Waals surface area (Å²) >= 11 is 1.63. The van der Waals surface area contributed by atoms with Crippen LogP contribution in [-0.2, 0) is 9.47 Å². The fourth-order valence-electron chi connectivity index (χ4n) is 3.75. The predicted octanol–water partition coefficient (Wildman–Crippen LogP) is 3.77. The Hall–Kier alpha value is -2.16. The van der Waals surface area contributed by atoms with Crippen LogP contribution in [0.1, 0.15) is 43.9 Å². The Morgan fingerprint density at radius 2 is 2.26 bits per heavy atom. The molecule has 144 valence electrons. The minimum atomic E-state index is -0.0325. The average Bonchev–Trinajstić information content (AvgIpc) is 3.27. The SMILES string of the molecule is COC[C@H](C)c1c(-c2ccnn2C2CCCCO2)sc2c(N)cc(N)nc12. The van der Waals surface area contributed by atoms with Crippen molar-refractivity contribution >= 4 is 33.1 Å². The highest BCUT2D eigenvalue weighted by Gasteiger charge is 2.26. The number of hydrogen-bond donors (Lipinski definition) is 2. The lowest BCUT2D eigenvalue weighted by Crippen LogP contribution is -2.20. The molecule has 1 unspecified atom stereocenters. The number of anilines is 2. The Kier molecular flexibility index (Phi) is 5.03. The zero-order valence-electron chi connectivity index (χ0n) is 15.6. The first-order valence-corrected chi connectivity index (χ1v) is 10.0. The van der Waals surface area contributed by atoms with E-state index in [4.69, 9.17) is 20.9 Å². The van der Waals surface area contributed by atoms with Gasteiger partial charge < -0.3 is 20.9 Å². The van der Waals surface area contributed by atoms with Crippen LogP contribution < -0.4 is 11.5 Å². The normalized spacial score (nSPS) is 18.8. The number of hydrogen-bond acceptors (Lipinski definition) is 7. The molecule has 2 atom stereocenters. The van der Waals surface area contributed by atoms with Crippen LogP contribution in [0.4, 0.5) is 11.5 Å². The van der Waals surface area contributed by atoms with Gasteiger partial charge in [-0.05, 0) is 25.3 Å². The van der Waals surface area contributed by atoms with E-state index in [9.17, 15) is 0 Å². The first kappa shape index (κ1) is 18.2. The third kappa shape index (κ3) is 3.28. The third-order valence-electron chi connectivity index (χ3n) is 4.97. The zero-order valence-corrected chi connectivity index (χ0v) is 16.5. The third-order valence-corrected chi connectivity index (χ3v) is 6.23. The molecule has 7 nitrogen and oxygen atoms in total. The molecule has 0 spiro atoms. The minimum absolute atomic E-state index is 0.0325. The van der Waals surface area contributed by atoms with Crippen molar-refractivity contribution in [3.8, 4) is 10.6 Å². The Morgan fingerprint density at radius 1 is 1.41 bits per heavy atom. The van der Waals surface area contributed by atoms with Crippen LogP contribution in [0.5, 0.6) is 0 Å². The maximum atomic E-state index is 6.26. The van der Waals surface area contributed by atoms with Gasteiger partial charge in [0.05, 0.1) is 33.1 Å². The summed E-state index contributed by atoms with van der Waals surface area (Å²) < 4.78 is 14.3. The molecule has 3 aromatic rings. The number of ether oxygens (including phenoxy) is 2. The second-order valence-corrected chi connectivity index (χ2v) is 8.02. The maximum Gasteiger partial charge on any atom is 0.150 e. The van der Waals surface area contributed by atoms with Gasteiger partial charge in [-0.3, -0.25) is 0 Å². The molecule has 4 rings (SSSR count). The molecular formula is C19H25N5O2S. The van der Waals surface area contributed by atoms with Crippen molar-refractivity contribution in [2.45, 2.75) is 38.3 Å². The van der Waals surface area contributed by atoms with Crippen molar-refractivity contribution in [3.63, 3.8) is 0 Å². The molecule has 1 saturated heterocycles. The first-order chi connectivity index (χ1) is 13.1. The zero-order chi connectivity index (χ0) is 19.0. The van der Waals surface area contributed by atoms with Crippen LogP contribution >= 0.6 is 11.3 Å². The molecule has 4 N–H and O–H groups in total. The summed E-state index contributed by atoms with van der Waals surface area (Å²) in [4.78, 5) is 5.71. The van der Waals surface area contributed by atoms with Crippen LogP contribution in [0.2, 0.25) is 0 Å². The number of fused-ring (bicyclic) bond motifs is 1. The van der Waals surface area contributed by atoms with Crippen molar-refractivity contribution in [3.05, 3.63) is 23.9 Å². The van der Waals surface area contributed by atoms with Gasteiger partial charge in [0.2, 0.25) is 0 Å². The highest BCUT2D eigenvalue weighted by atomic mass is 32.1. The standard InChI is InChI=1S/C19H25N5O2S/c1-11(10-25-2)16-17-18(12(20)9-14(21)23-17)27-19(16)13-6-7-22-24(13)15-5-3-4-8-26-15/h6-7,9,11,15H,3-5,8,10H2,1-2H3,(H4,20,21,23)/t11-,15?/m0/s1. The van der Waals surface area contributed by atoms with E-state index in [1.54, 1.807) is 24.5 Å². The average molecular weight is 388 g/mol. The Labute approximate surface area is 162 Å². The van der Waals surface area contributed by atoms with Crippen LogP contribution in [-0.4, -0.2) is 35.1 Å². The predicted molar refractivity (Wildman–Crippen MR) is 109 cm³/mol. The number of nitrogens with zero attached hydrogens (tertiary/aromatic N) is 3. The van der Waals surface area contributed by atoms with Gasteiger partial charge in [0.1, 0.15) is 5.82 Å². The summed E-state index contributed by atoms with van der Waals surface area (Å²) in [5.41, 5.74) is 15.9. The number of rotatable bonds is 5. The lowest BCUT2D eigenvalue weighted by molar-refractivity contribution is -0.0383. The summed E-state index contributed by atoms with van der Waals surface area (Å²) in [6.07, 6.45) is 5.01. The van der Waals surface area contributed by atoms with Gasteiger partial charge in [-0.15, -0.1) is 11.3 Å². The van der Waals surface area contributed by atoms with Crippen LogP contribution in [0.3, 0.4) is 0 Å². The van der Waals surface area contributed by atoms with Crippen molar-refractivity contribution in [2.75, 3.05) is 31.8 Å². The van der Waals surface area contributed by atoms with Gasteiger partial charge in [0, 0.05) is 37.5 Å². The van der Waals surface area contributed by atoms with E-state index in [0.717, 1.165) is 52.2 Å². The van der Waals surface area contributed by atoms with Gasteiger partial charge in [-0.25, -0.2) is 9.67 Å². The largest absolute Gasteiger partial charge is 0.397 e. The van der Waals surface area contributed by atoms with Crippen molar-refractivity contribution < 1.29 is 9.47 Å². The lowest BCUT2D eigenvalue weighted by atomic mass is 9.99. The molecular weight excluding hydrogens is 362 g/mol. The monoisotopic (exact) mass is 387 g/mol. The summed E-state index contributed by atoms with van der Waals surface area (Å²) in [5, 5.41) is 4.56. The van der Waals surface area contributed by atoms with E-state index in [1.165, 1.54) is 0 Å².